The van der Waals surface area contributed by atoms with Crippen LogP contribution >= 0.6 is 0 Å². The number of nitrogens with one attached hydrogen (secondary N) is 1. The molecule has 7 heteroatoms. The number of ether oxygens (including phenoxy) is 2. The van der Waals surface area contributed by atoms with Crippen LogP contribution in [0.3, 0.4) is 0 Å². The van der Waals surface area contributed by atoms with Gasteiger partial charge in [0.2, 0.25) is 5.91 Å². The van der Waals surface area contributed by atoms with Gasteiger partial charge in [0.1, 0.15) is 11.3 Å². The van der Waals surface area contributed by atoms with Gasteiger partial charge in [0.05, 0.1) is 11.4 Å². The molecule has 4 rings (SSSR count). The molecule has 31 heavy (non-hydrogen) atoms. The Morgan fingerprint density at radius 2 is 1.65 bits per heavy atom. The van der Waals surface area contributed by atoms with Gasteiger partial charge < -0.3 is 14.8 Å². The minimum atomic E-state index is -1.13. The topological polar surface area (TPSA) is 84.9 Å². The first-order valence-corrected chi connectivity index (χ1v) is 9.87. The number of fused-ring (bicyclic) bond motifs is 2. The standard InChI is InChI=1S/C24H22N2O5/c1-24(2)23(29)25-19-9-5-6-10-20(19)26(24)21(27)14-31-22(28)15-30-18-12-11-16-7-3-4-8-17(16)13-18/h3-13H,14-15H2,1-2H3,(H,25,29). The number of benzene rings is 3. The first-order chi connectivity index (χ1) is 14.9. The zero-order valence-corrected chi connectivity index (χ0v) is 17.3. The minimum absolute atomic E-state index is 0.314. The van der Waals surface area contributed by atoms with Crippen LogP contribution in [-0.4, -0.2) is 36.5 Å². The van der Waals surface area contributed by atoms with Crippen molar-refractivity contribution in [2.75, 3.05) is 23.4 Å². The van der Waals surface area contributed by atoms with Crippen molar-refractivity contribution in [1.29, 1.82) is 0 Å². The van der Waals surface area contributed by atoms with Gasteiger partial charge in [-0.15, -0.1) is 0 Å². The van der Waals surface area contributed by atoms with E-state index in [1.807, 2.05) is 36.4 Å². The first-order valence-electron chi connectivity index (χ1n) is 9.87. The number of hydrogen-bond donors (Lipinski definition) is 1. The lowest BCUT2D eigenvalue weighted by atomic mass is 9.96. The fourth-order valence-corrected chi connectivity index (χ4v) is 3.55. The zero-order chi connectivity index (χ0) is 22.0. The van der Waals surface area contributed by atoms with Gasteiger partial charge in [-0.3, -0.25) is 14.5 Å². The number of rotatable bonds is 5. The Kier molecular flexibility index (Phi) is 5.33. The van der Waals surface area contributed by atoms with Crippen molar-refractivity contribution in [3.05, 3.63) is 66.7 Å². The maximum atomic E-state index is 12.9. The van der Waals surface area contributed by atoms with Crippen molar-refractivity contribution in [2.45, 2.75) is 19.4 Å². The molecule has 0 saturated heterocycles. The molecule has 1 aliphatic rings. The largest absolute Gasteiger partial charge is 0.482 e. The lowest BCUT2D eigenvalue weighted by Gasteiger charge is -2.41. The van der Waals surface area contributed by atoms with Gasteiger partial charge in [-0.2, -0.15) is 0 Å². The summed E-state index contributed by atoms with van der Waals surface area (Å²) in [7, 11) is 0. The fraction of sp³-hybridized carbons (Fsp3) is 0.208. The molecule has 0 saturated carbocycles. The van der Waals surface area contributed by atoms with Crippen LogP contribution in [0.4, 0.5) is 11.4 Å². The normalized spacial score (nSPS) is 14.5. The van der Waals surface area contributed by atoms with Gasteiger partial charge in [0.25, 0.3) is 5.91 Å². The molecule has 1 heterocycles. The van der Waals surface area contributed by atoms with Gasteiger partial charge in [-0.25, -0.2) is 4.79 Å². The van der Waals surface area contributed by atoms with E-state index in [1.165, 1.54) is 4.90 Å². The van der Waals surface area contributed by atoms with E-state index < -0.39 is 24.0 Å². The van der Waals surface area contributed by atoms with Crippen molar-refractivity contribution in [3.63, 3.8) is 0 Å². The number of carbonyl (C=O) groups is 3. The van der Waals surface area contributed by atoms with Crippen molar-refractivity contribution < 1.29 is 23.9 Å². The molecule has 0 aliphatic carbocycles. The molecule has 0 atom stereocenters. The number of esters is 1. The van der Waals surface area contributed by atoms with E-state index in [9.17, 15) is 14.4 Å². The van der Waals surface area contributed by atoms with E-state index in [4.69, 9.17) is 9.47 Å². The van der Waals surface area contributed by atoms with Gasteiger partial charge in [0, 0.05) is 0 Å². The third kappa shape index (κ3) is 4.07. The highest BCUT2D eigenvalue weighted by Gasteiger charge is 2.43. The molecule has 1 N–H and O–H groups in total. The highest BCUT2D eigenvalue weighted by Crippen LogP contribution is 2.36. The Labute approximate surface area is 179 Å². The van der Waals surface area contributed by atoms with Crippen molar-refractivity contribution >= 4 is 39.9 Å². The van der Waals surface area contributed by atoms with Crippen LogP contribution in [0.5, 0.6) is 5.75 Å². The third-order valence-corrected chi connectivity index (χ3v) is 5.19. The number of hydrogen-bond acceptors (Lipinski definition) is 5. The van der Waals surface area contributed by atoms with Crippen molar-refractivity contribution in [1.82, 2.24) is 0 Å². The highest BCUT2D eigenvalue weighted by molar-refractivity contribution is 6.14. The summed E-state index contributed by atoms with van der Waals surface area (Å²) in [6.07, 6.45) is 0. The number of para-hydroxylation sites is 2. The molecule has 2 amide bonds. The Balaban J connectivity index is 1.38. The van der Waals surface area contributed by atoms with Gasteiger partial charge in [0.15, 0.2) is 13.2 Å². The molecule has 0 spiro atoms. The van der Waals surface area contributed by atoms with Gasteiger partial charge in [-0.1, -0.05) is 42.5 Å². The smallest absolute Gasteiger partial charge is 0.344 e. The summed E-state index contributed by atoms with van der Waals surface area (Å²) in [5.74, 6) is -0.948. The molecule has 0 aromatic heterocycles. The molecule has 158 valence electrons. The van der Waals surface area contributed by atoms with Gasteiger partial charge in [-0.05, 0) is 48.9 Å². The second kappa shape index (κ2) is 8.10. The maximum Gasteiger partial charge on any atom is 0.344 e. The second-order valence-corrected chi connectivity index (χ2v) is 7.72. The van der Waals surface area contributed by atoms with Crippen LogP contribution in [0.25, 0.3) is 10.8 Å². The lowest BCUT2D eigenvalue weighted by molar-refractivity contribution is -0.150. The quantitative estimate of drug-likeness (QED) is 0.641. The maximum absolute atomic E-state index is 12.9. The average Bonchev–Trinajstić information content (AvgIpc) is 2.76. The molecule has 1 aliphatic heterocycles. The van der Waals surface area contributed by atoms with Gasteiger partial charge >= 0.3 is 5.97 Å². The van der Waals surface area contributed by atoms with Crippen LogP contribution in [0.1, 0.15) is 13.8 Å². The van der Waals surface area contributed by atoms with E-state index in [0.29, 0.717) is 17.1 Å². The molecule has 0 unspecified atom stereocenters. The summed E-state index contributed by atoms with van der Waals surface area (Å²) in [6.45, 7) is 2.46. The molecular weight excluding hydrogens is 396 g/mol. The number of anilines is 2. The monoisotopic (exact) mass is 418 g/mol. The lowest BCUT2D eigenvalue weighted by Crippen LogP contribution is -2.59. The van der Waals surface area contributed by atoms with E-state index in [1.54, 1.807) is 44.2 Å². The van der Waals surface area contributed by atoms with Crippen LogP contribution in [0.15, 0.2) is 66.7 Å². The summed E-state index contributed by atoms with van der Waals surface area (Å²) in [6, 6.07) is 20.3. The van der Waals surface area contributed by atoms with Crippen LogP contribution in [0.2, 0.25) is 0 Å². The van der Waals surface area contributed by atoms with E-state index in [-0.39, 0.29) is 12.5 Å². The second-order valence-electron chi connectivity index (χ2n) is 7.72. The third-order valence-electron chi connectivity index (χ3n) is 5.19. The molecule has 3 aromatic rings. The molecule has 7 nitrogen and oxygen atoms in total. The summed E-state index contributed by atoms with van der Waals surface area (Å²) in [5, 5.41) is 4.85. The SMILES string of the molecule is CC1(C)C(=O)Nc2ccccc2N1C(=O)COC(=O)COc1ccc2ccccc2c1. The molecule has 0 radical (unpaired) electrons. The Morgan fingerprint density at radius 3 is 2.45 bits per heavy atom. The average molecular weight is 418 g/mol. The summed E-state index contributed by atoms with van der Waals surface area (Å²) < 4.78 is 10.6. The van der Waals surface area contributed by atoms with Crippen LogP contribution in [-0.2, 0) is 19.1 Å². The minimum Gasteiger partial charge on any atom is -0.482 e. The number of amides is 2. The predicted molar refractivity (Wildman–Crippen MR) is 117 cm³/mol. The summed E-state index contributed by atoms with van der Waals surface area (Å²) in [4.78, 5) is 38.8. The number of carbonyl (C=O) groups excluding carboxylic acids is 3. The summed E-state index contributed by atoms with van der Waals surface area (Å²) in [5.41, 5.74) is -0.0360. The fourth-order valence-electron chi connectivity index (χ4n) is 3.55. The van der Waals surface area contributed by atoms with E-state index >= 15 is 0 Å². The molecular formula is C24H22N2O5. The van der Waals surface area contributed by atoms with Crippen molar-refractivity contribution in [3.8, 4) is 5.75 Å². The van der Waals surface area contributed by atoms with Crippen molar-refractivity contribution in [2.24, 2.45) is 0 Å². The van der Waals surface area contributed by atoms with E-state index in [0.717, 1.165) is 10.8 Å². The van der Waals surface area contributed by atoms with E-state index in [2.05, 4.69) is 5.32 Å². The Bertz CT molecular complexity index is 1170. The number of nitrogens with zero attached hydrogens (tertiary/aromatic N) is 1. The Hall–Kier alpha value is -3.87. The summed E-state index contributed by atoms with van der Waals surface area (Å²) >= 11 is 0. The molecule has 0 bridgehead atoms. The zero-order valence-electron chi connectivity index (χ0n) is 17.3. The van der Waals surface area contributed by atoms with Crippen LogP contribution < -0.4 is 15.0 Å². The highest BCUT2D eigenvalue weighted by atomic mass is 16.6. The van der Waals surface area contributed by atoms with Crippen LogP contribution in [0, 0.1) is 0 Å². The molecule has 3 aromatic carbocycles. The molecule has 0 fully saturated rings. The first kappa shape index (κ1) is 20.4. The predicted octanol–water partition coefficient (Wildman–Crippen LogP) is 3.53. The Morgan fingerprint density at radius 1 is 0.935 bits per heavy atom.